The van der Waals surface area contributed by atoms with E-state index in [1.165, 1.54) is 54.7 Å². The smallest absolute Gasteiger partial charge is 0.164 e. The van der Waals surface area contributed by atoms with E-state index in [0.29, 0.717) is 17.5 Å². The molecule has 0 bridgehead atoms. The summed E-state index contributed by atoms with van der Waals surface area (Å²) in [6.45, 7) is 6.48. The van der Waals surface area contributed by atoms with Gasteiger partial charge in [0.2, 0.25) is 0 Å². The number of fused-ring (bicyclic) bond motifs is 3. The number of aryl methyl sites for hydroxylation is 3. The molecule has 51 heavy (non-hydrogen) atoms. The molecule has 1 aromatic heterocycles. The van der Waals surface area contributed by atoms with E-state index in [9.17, 15) is 0 Å². The summed E-state index contributed by atoms with van der Waals surface area (Å²) in [4.78, 5) is 15.4. The molecule has 0 atom stereocenters. The Bertz CT molecular complexity index is 2610. The summed E-state index contributed by atoms with van der Waals surface area (Å²) < 4.78 is 0. The van der Waals surface area contributed by atoms with Gasteiger partial charge in [-0.25, -0.2) is 15.0 Å². The van der Waals surface area contributed by atoms with Crippen LogP contribution in [0.1, 0.15) is 16.7 Å². The molecule has 9 aromatic rings. The minimum atomic E-state index is 0.647. The second-order valence-corrected chi connectivity index (χ2v) is 13.4. The number of hydrogen-bond acceptors (Lipinski definition) is 3. The summed E-state index contributed by atoms with van der Waals surface area (Å²) >= 11 is 0. The molecule has 0 aliphatic heterocycles. The van der Waals surface area contributed by atoms with E-state index in [-0.39, 0.29) is 0 Å². The predicted molar refractivity (Wildman–Crippen MR) is 214 cm³/mol. The van der Waals surface area contributed by atoms with Crippen LogP contribution < -0.4 is 0 Å². The lowest BCUT2D eigenvalue weighted by atomic mass is 9.95. The van der Waals surface area contributed by atoms with Gasteiger partial charge >= 0.3 is 0 Å². The first kappa shape index (κ1) is 30.6. The molecule has 0 amide bonds. The Morgan fingerprint density at radius 1 is 0.255 bits per heavy atom. The fourth-order valence-electron chi connectivity index (χ4n) is 7.45. The third kappa shape index (κ3) is 5.44. The summed E-state index contributed by atoms with van der Waals surface area (Å²) in [6.07, 6.45) is 0. The van der Waals surface area contributed by atoms with E-state index in [1.54, 1.807) is 0 Å². The van der Waals surface area contributed by atoms with Crippen LogP contribution in [-0.4, -0.2) is 15.0 Å². The largest absolute Gasteiger partial charge is 0.208 e. The quantitative estimate of drug-likeness (QED) is 0.186. The topological polar surface area (TPSA) is 38.7 Å². The van der Waals surface area contributed by atoms with Gasteiger partial charge in [-0.2, -0.15) is 0 Å². The second kappa shape index (κ2) is 12.5. The van der Waals surface area contributed by atoms with Crippen LogP contribution in [0.3, 0.4) is 0 Å². The van der Waals surface area contributed by atoms with Crippen molar-refractivity contribution >= 4 is 32.3 Å². The molecule has 0 spiro atoms. The van der Waals surface area contributed by atoms with E-state index in [1.807, 2.05) is 0 Å². The van der Waals surface area contributed by atoms with Crippen molar-refractivity contribution in [3.8, 4) is 56.4 Å². The zero-order valence-corrected chi connectivity index (χ0v) is 28.9. The van der Waals surface area contributed by atoms with Gasteiger partial charge < -0.3 is 0 Å². The van der Waals surface area contributed by atoms with Crippen LogP contribution in [-0.2, 0) is 0 Å². The van der Waals surface area contributed by atoms with Gasteiger partial charge in [-0.15, -0.1) is 0 Å². The molecule has 0 aliphatic carbocycles. The third-order valence-electron chi connectivity index (χ3n) is 10.2. The maximum Gasteiger partial charge on any atom is 0.164 e. The molecule has 0 fully saturated rings. The standard InChI is InChI=1S/C48H35N3/c1-30-10-4-18-42-37(30)13-7-16-40(42)33-22-26-35(27-23-33)46-49-47(51-48(50-46)45-21-9-15-39-32(3)12-6-20-44(39)45)36-28-24-34(25-29-36)41-17-8-14-38-31(2)11-5-19-43(38)41/h4-29H,1-3H3. The summed E-state index contributed by atoms with van der Waals surface area (Å²) in [5, 5.41) is 7.38. The number of nitrogens with zero attached hydrogens (tertiary/aromatic N) is 3. The minimum absolute atomic E-state index is 0.647. The Morgan fingerprint density at radius 2 is 0.549 bits per heavy atom. The average Bonchev–Trinajstić information content (AvgIpc) is 3.18. The van der Waals surface area contributed by atoms with Gasteiger partial charge in [0.15, 0.2) is 17.5 Å². The first-order chi connectivity index (χ1) is 25.0. The third-order valence-corrected chi connectivity index (χ3v) is 10.2. The molecule has 242 valence electrons. The molecule has 1 heterocycles. The summed E-state index contributed by atoms with van der Waals surface area (Å²) in [6, 6.07) is 56.1. The lowest BCUT2D eigenvalue weighted by Gasteiger charge is -2.13. The van der Waals surface area contributed by atoms with Gasteiger partial charge in [-0.05, 0) is 92.0 Å². The van der Waals surface area contributed by atoms with Crippen LogP contribution in [0.15, 0.2) is 158 Å². The van der Waals surface area contributed by atoms with Crippen LogP contribution in [0.2, 0.25) is 0 Å². The SMILES string of the molecule is Cc1cccc2c(-c3ccc(-c4nc(-c5ccc(-c6cccc7c(C)cccc67)cc5)nc(-c5cccc6c(C)cccc56)n4)cc3)cccc12. The maximum absolute atomic E-state index is 5.13. The molecular formula is C48H35N3. The Kier molecular flexibility index (Phi) is 7.48. The van der Waals surface area contributed by atoms with Crippen LogP contribution in [0.4, 0.5) is 0 Å². The van der Waals surface area contributed by atoms with E-state index >= 15 is 0 Å². The van der Waals surface area contributed by atoms with Gasteiger partial charge in [0, 0.05) is 16.7 Å². The minimum Gasteiger partial charge on any atom is -0.208 e. The number of rotatable bonds is 5. The highest BCUT2D eigenvalue weighted by Gasteiger charge is 2.16. The Hall–Kier alpha value is -6.45. The first-order valence-electron chi connectivity index (χ1n) is 17.4. The summed E-state index contributed by atoms with van der Waals surface area (Å²) in [5.74, 6) is 1.95. The predicted octanol–water partition coefficient (Wildman–Crippen LogP) is 12.6. The number of hydrogen-bond donors (Lipinski definition) is 0. The highest BCUT2D eigenvalue weighted by atomic mass is 15.0. The van der Waals surface area contributed by atoms with Crippen LogP contribution in [0, 0.1) is 20.8 Å². The molecule has 3 heteroatoms. The molecule has 3 nitrogen and oxygen atoms in total. The molecule has 8 aromatic carbocycles. The fourth-order valence-corrected chi connectivity index (χ4v) is 7.45. The normalized spacial score (nSPS) is 11.4. The monoisotopic (exact) mass is 653 g/mol. The molecule has 0 aliphatic rings. The molecule has 0 saturated carbocycles. The van der Waals surface area contributed by atoms with Gasteiger partial charge in [-0.1, -0.05) is 158 Å². The highest BCUT2D eigenvalue weighted by Crippen LogP contribution is 2.35. The van der Waals surface area contributed by atoms with Gasteiger partial charge in [0.25, 0.3) is 0 Å². The van der Waals surface area contributed by atoms with Crippen molar-refractivity contribution in [3.05, 3.63) is 174 Å². The zero-order valence-electron chi connectivity index (χ0n) is 28.9. The molecule has 0 N–H and O–H groups in total. The second-order valence-electron chi connectivity index (χ2n) is 13.4. The number of aromatic nitrogens is 3. The molecule has 0 saturated heterocycles. The fraction of sp³-hybridized carbons (Fsp3) is 0.0625. The van der Waals surface area contributed by atoms with Crippen molar-refractivity contribution in [1.82, 2.24) is 15.0 Å². The van der Waals surface area contributed by atoms with Gasteiger partial charge in [0.1, 0.15) is 0 Å². The van der Waals surface area contributed by atoms with Gasteiger partial charge in [-0.3, -0.25) is 0 Å². The maximum atomic E-state index is 5.13. The van der Waals surface area contributed by atoms with E-state index < -0.39 is 0 Å². The highest BCUT2D eigenvalue weighted by molar-refractivity contribution is 6.00. The van der Waals surface area contributed by atoms with Crippen LogP contribution in [0.25, 0.3) is 88.7 Å². The number of benzene rings is 8. The van der Waals surface area contributed by atoms with Crippen molar-refractivity contribution in [3.63, 3.8) is 0 Å². The average molecular weight is 654 g/mol. The Balaban J connectivity index is 1.17. The lowest BCUT2D eigenvalue weighted by molar-refractivity contribution is 1.08. The lowest BCUT2D eigenvalue weighted by Crippen LogP contribution is -2.00. The Labute approximate surface area is 298 Å². The molecule has 9 rings (SSSR count). The van der Waals surface area contributed by atoms with Gasteiger partial charge in [0.05, 0.1) is 0 Å². The van der Waals surface area contributed by atoms with Crippen molar-refractivity contribution in [2.24, 2.45) is 0 Å². The van der Waals surface area contributed by atoms with Crippen molar-refractivity contribution < 1.29 is 0 Å². The zero-order chi connectivity index (χ0) is 34.5. The first-order valence-corrected chi connectivity index (χ1v) is 17.4. The van der Waals surface area contributed by atoms with Crippen molar-refractivity contribution in [2.75, 3.05) is 0 Å². The van der Waals surface area contributed by atoms with Crippen LogP contribution in [0.5, 0.6) is 0 Å². The van der Waals surface area contributed by atoms with Crippen molar-refractivity contribution in [2.45, 2.75) is 20.8 Å². The molecule has 0 unspecified atom stereocenters. The summed E-state index contributed by atoms with van der Waals surface area (Å²) in [5.41, 5.74) is 11.4. The molecular weight excluding hydrogens is 619 g/mol. The Morgan fingerprint density at radius 3 is 0.961 bits per heavy atom. The molecule has 0 radical (unpaired) electrons. The van der Waals surface area contributed by atoms with Crippen LogP contribution >= 0.6 is 0 Å². The summed E-state index contributed by atoms with van der Waals surface area (Å²) in [7, 11) is 0. The van der Waals surface area contributed by atoms with E-state index in [0.717, 1.165) is 33.2 Å². The van der Waals surface area contributed by atoms with E-state index in [4.69, 9.17) is 15.0 Å². The van der Waals surface area contributed by atoms with E-state index in [2.05, 4.69) is 178 Å². The van der Waals surface area contributed by atoms with Crippen molar-refractivity contribution in [1.29, 1.82) is 0 Å².